The predicted octanol–water partition coefficient (Wildman–Crippen LogP) is 1.34. The minimum absolute atomic E-state index is 0.121. The largest absolute Gasteiger partial charge is 0.460 e. The van der Waals surface area contributed by atoms with Gasteiger partial charge in [0.15, 0.2) is 0 Å². The molecule has 0 saturated carbocycles. The Bertz CT molecular complexity index is 392. The number of nitrogens with one attached hydrogen (secondary N) is 2. The first kappa shape index (κ1) is 11.0. The van der Waals surface area contributed by atoms with Gasteiger partial charge in [-0.25, -0.2) is 0 Å². The van der Waals surface area contributed by atoms with E-state index in [0.717, 1.165) is 11.4 Å². The summed E-state index contributed by atoms with van der Waals surface area (Å²) in [5, 5.41) is 9.93. The summed E-state index contributed by atoms with van der Waals surface area (Å²) in [6.45, 7) is 6.24. The van der Waals surface area contributed by atoms with Crippen molar-refractivity contribution in [1.82, 2.24) is 10.2 Å². The maximum absolute atomic E-state index is 11.9. The third-order valence-electron chi connectivity index (χ3n) is 2.45. The van der Waals surface area contributed by atoms with Crippen LogP contribution in [-0.4, -0.2) is 28.3 Å². The topological polar surface area (TPSA) is 67.0 Å². The monoisotopic (exact) mass is 223 g/mol. The highest BCUT2D eigenvalue weighted by Gasteiger charge is 2.29. The first-order valence-corrected chi connectivity index (χ1v) is 5.45. The summed E-state index contributed by atoms with van der Waals surface area (Å²) < 4.78 is 5.36. The first-order chi connectivity index (χ1) is 7.46. The average Bonchev–Trinajstić information content (AvgIpc) is 2.61. The zero-order valence-corrected chi connectivity index (χ0v) is 9.83. The molecule has 0 fully saturated rings. The summed E-state index contributed by atoms with van der Waals surface area (Å²) >= 11 is 0. The molecule has 0 radical (unpaired) electrons. The summed E-state index contributed by atoms with van der Waals surface area (Å²) in [4.78, 5) is 11.9. The number of H-pyrrole nitrogens is 1. The molecule has 1 aromatic heterocycles. The zero-order chi connectivity index (χ0) is 11.8. The van der Waals surface area contributed by atoms with Crippen LogP contribution in [0.1, 0.15) is 26.3 Å². The van der Waals surface area contributed by atoms with Crippen LogP contribution >= 0.6 is 0 Å². The molecule has 0 amide bonds. The third-order valence-corrected chi connectivity index (χ3v) is 2.45. The Labute approximate surface area is 94.6 Å². The maximum Gasteiger partial charge on any atom is 0.311 e. The number of esters is 1. The van der Waals surface area contributed by atoms with Gasteiger partial charge in [0.2, 0.25) is 0 Å². The highest BCUT2D eigenvalue weighted by Crippen LogP contribution is 2.23. The van der Waals surface area contributed by atoms with Gasteiger partial charge in [0.25, 0.3) is 0 Å². The summed E-state index contributed by atoms with van der Waals surface area (Å²) in [5.74, 6) is 0.649. The molecule has 0 aliphatic carbocycles. The van der Waals surface area contributed by atoms with Crippen LogP contribution in [0.4, 0.5) is 5.82 Å². The van der Waals surface area contributed by atoms with Gasteiger partial charge in [-0.3, -0.25) is 9.89 Å². The summed E-state index contributed by atoms with van der Waals surface area (Å²) in [6, 6.07) is 0. The second-order valence-corrected chi connectivity index (χ2v) is 5.09. The van der Waals surface area contributed by atoms with Crippen molar-refractivity contribution >= 4 is 11.8 Å². The minimum atomic E-state index is -0.423. The number of carbonyl (C=O) groups is 1. The Morgan fingerprint density at radius 3 is 3.00 bits per heavy atom. The molecule has 0 aromatic carbocycles. The first-order valence-electron chi connectivity index (χ1n) is 5.45. The molecule has 1 aliphatic heterocycles. The summed E-state index contributed by atoms with van der Waals surface area (Å²) in [7, 11) is 0. The van der Waals surface area contributed by atoms with Crippen LogP contribution in [-0.2, 0) is 16.0 Å². The predicted molar refractivity (Wildman–Crippen MR) is 60.1 cm³/mol. The van der Waals surface area contributed by atoms with E-state index in [1.165, 1.54) is 0 Å². The fourth-order valence-electron chi connectivity index (χ4n) is 1.73. The lowest BCUT2D eigenvalue weighted by Gasteiger charge is -2.26. The van der Waals surface area contributed by atoms with Crippen molar-refractivity contribution < 1.29 is 9.53 Å². The van der Waals surface area contributed by atoms with Crippen molar-refractivity contribution in [2.45, 2.75) is 32.8 Å². The third kappa shape index (κ3) is 2.35. The molecule has 5 nitrogen and oxygen atoms in total. The van der Waals surface area contributed by atoms with Crippen molar-refractivity contribution in [2.24, 2.45) is 5.92 Å². The number of rotatable bonds is 1. The quantitative estimate of drug-likeness (QED) is 0.705. The van der Waals surface area contributed by atoms with Gasteiger partial charge in [-0.1, -0.05) is 0 Å². The number of fused-ring (bicyclic) bond motifs is 1. The Balaban J connectivity index is 2.01. The fraction of sp³-hybridized carbons (Fsp3) is 0.636. The lowest BCUT2D eigenvalue weighted by atomic mass is 9.97. The minimum Gasteiger partial charge on any atom is -0.460 e. The Morgan fingerprint density at radius 1 is 1.56 bits per heavy atom. The lowest BCUT2D eigenvalue weighted by Crippen LogP contribution is -2.35. The van der Waals surface area contributed by atoms with Crippen LogP contribution in [0.25, 0.3) is 0 Å². The fourth-order valence-corrected chi connectivity index (χ4v) is 1.73. The van der Waals surface area contributed by atoms with Gasteiger partial charge in [0.1, 0.15) is 11.4 Å². The molecule has 88 valence electrons. The molecule has 2 heterocycles. The van der Waals surface area contributed by atoms with E-state index in [1.54, 1.807) is 6.20 Å². The Hall–Kier alpha value is -1.52. The number of hydrogen-bond acceptors (Lipinski definition) is 4. The second-order valence-electron chi connectivity index (χ2n) is 5.09. The number of hydrogen-bond donors (Lipinski definition) is 2. The van der Waals surface area contributed by atoms with E-state index in [0.29, 0.717) is 13.0 Å². The van der Waals surface area contributed by atoms with E-state index >= 15 is 0 Å². The van der Waals surface area contributed by atoms with Crippen LogP contribution in [0.3, 0.4) is 0 Å². The van der Waals surface area contributed by atoms with Gasteiger partial charge >= 0.3 is 5.97 Å². The number of anilines is 1. The number of aromatic amines is 1. The Morgan fingerprint density at radius 2 is 2.31 bits per heavy atom. The van der Waals surface area contributed by atoms with E-state index in [1.807, 2.05) is 20.8 Å². The standard InChI is InChI=1S/C11H17N3O2/c1-11(2,3)16-10(15)8-4-7-6-13-14-9(7)12-5-8/h6,8H,4-5H2,1-3H3,(H2,12,13,14). The van der Waals surface area contributed by atoms with Crippen molar-refractivity contribution in [2.75, 3.05) is 11.9 Å². The molecule has 0 saturated heterocycles. The van der Waals surface area contributed by atoms with Crippen molar-refractivity contribution in [3.8, 4) is 0 Å². The zero-order valence-electron chi connectivity index (χ0n) is 9.83. The van der Waals surface area contributed by atoms with Gasteiger partial charge in [-0.05, 0) is 27.2 Å². The molecule has 0 bridgehead atoms. The van der Waals surface area contributed by atoms with Crippen LogP contribution in [0.5, 0.6) is 0 Å². The second kappa shape index (κ2) is 3.81. The molecule has 0 spiro atoms. The molecular formula is C11H17N3O2. The SMILES string of the molecule is CC(C)(C)OC(=O)C1CNc2[nH]ncc2C1. The lowest BCUT2D eigenvalue weighted by molar-refractivity contribution is -0.159. The highest BCUT2D eigenvalue weighted by atomic mass is 16.6. The van der Waals surface area contributed by atoms with Gasteiger partial charge in [0, 0.05) is 12.1 Å². The van der Waals surface area contributed by atoms with E-state index < -0.39 is 5.60 Å². The molecule has 2 N–H and O–H groups in total. The van der Waals surface area contributed by atoms with Crippen LogP contribution in [0.2, 0.25) is 0 Å². The van der Waals surface area contributed by atoms with E-state index in [-0.39, 0.29) is 11.9 Å². The molecular weight excluding hydrogens is 206 g/mol. The van der Waals surface area contributed by atoms with Crippen molar-refractivity contribution in [3.05, 3.63) is 11.8 Å². The van der Waals surface area contributed by atoms with Crippen molar-refractivity contribution in [1.29, 1.82) is 0 Å². The highest BCUT2D eigenvalue weighted by molar-refractivity contribution is 5.75. The Kier molecular flexibility index (Phi) is 2.61. The summed E-state index contributed by atoms with van der Waals surface area (Å²) in [5.41, 5.74) is 0.621. The van der Waals surface area contributed by atoms with E-state index in [2.05, 4.69) is 15.5 Å². The molecule has 1 unspecified atom stereocenters. The molecule has 2 rings (SSSR count). The molecule has 5 heteroatoms. The molecule has 1 aliphatic rings. The molecule has 1 aromatic rings. The molecule has 16 heavy (non-hydrogen) atoms. The van der Waals surface area contributed by atoms with Crippen LogP contribution < -0.4 is 5.32 Å². The van der Waals surface area contributed by atoms with Crippen LogP contribution in [0, 0.1) is 5.92 Å². The number of nitrogens with zero attached hydrogens (tertiary/aromatic N) is 1. The van der Waals surface area contributed by atoms with Crippen LogP contribution in [0.15, 0.2) is 6.20 Å². The smallest absolute Gasteiger partial charge is 0.311 e. The van der Waals surface area contributed by atoms with Gasteiger partial charge in [-0.15, -0.1) is 0 Å². The normalized spacial score (nSPS) is 19.8. The maximum atomic E-state index is 11.9. The number of ether oxygens (including phenoxy) is 1. The van der Waals surface area contributed by atoms with Gasteiger partial charge in [-0.2, -0.15) is 5.10 Å². The van der Waals surface area contributed by atoms with Gasteiger partial charge < -0.3 is 10.1 Å². The van der Waals surface area contributed by atoms with Crippen molar-refractivity contribution in [3.63, 3.8) is 0 Å². The number of carbonyl (C=O) groups excluding carboxylic acids is 1. The molecule has 1 atom stereocenters. The van der Waals surface area contributed by atoms with Gasteiger partial charge in [0.05, 0.1) is 12.1 Å². The van der Waals surface area contributed by atoms with E-state index in [4.69, 9.17) is 4.74 Å². The summed E-state index contributed by atoms with van der Waals surface area (Å²) in [6.07, 6.45) is 2.44. The van der Waals surface area contributed by atoms with E-state index in [9.17, 15) is 4.79 Å². The number of aromatic nitrogens is 2. The average molecular weight is 223 g/mol.